The summed E-state index contributed by atoms with van der Waals surface area (Å²) in [5, 5.41) is 3.61. The molecule has 2 aromatic heterocycles. The number of hydrogen-bond donors (Lipinski definition) is 0. The van der Waals surface area contributed by atoms with Gasteiger partial charge in [-0.2, -0.15) is 0 Å². The van der Waals surface area contributed by atoms with Crippen LogP contribution in [0.5, 0.6) is 0 Å². The van der Waals surface area contributed by atoms with Gasteiger partial charge in [0.25, 0.3) is 0 Å². The zero-order valence-electron chi connectivity index (χ0n) is 18.4. The predicted octanol–water partition coefficient (Wildman–Crippen LogP) is 8.08. The molecule has 0 saturated carbocycles. The highest BCUT2D eigenvalue weighted by Gasteiger charge is 2.41. The molecule has 1 aliphatic carbocycles. The SMILES string of the molecule is CC(C)c1ccc2cnc(-c3cccc4c3-c3oc5ccccc5c3C4(C)C)cc2c1. The first-order chi connectivity index (χ1) is 14.9. The number of furan rings is 1. The molecule has 0 aliphatic heterocycles. The number of nitrogens with zero attached hydrogens (tertiary/aromatic N) is 1. The van der Waals surface area contributed by atoms with E-state index in [0.717, 1.165) is 22.6 Å². The van der Waals surface area contributed by atoms with Gasteiger partial charge in [-0.1, -0.05) is 82.3 Å². The first-order valence-corrected chi connectivity index (χ1v) is 11.0. The average molecular weight is 404 g/mol. The molecule has 6 rings (SSSR count). The van der Waals surface area contributed by atoms with Gasteiger partial charge in [0.1, 0.15) is 11.3 Å². The lowest BCUT2D eigenvalue weighted by molar-refractivity contribution is 0.619. The largest absolute Gasteiger partial charge is 0.456 e. The van der Waals surface area contributed by atoms with Crippen LogP contribution >= 0.6 is 0 Å². The van der Waals surface area contributed by atoms with E-state index in [1.807, 2.05) is 12.3 Å². The lowest BCUT2D eigenvalue weighted by atomic mass is 9.81. The summed E-state index contributed by atoms with van der Waals surface area (Å²) in [6, 6.07) is 23.8. The maximum Gasteiger partial charge on any atom is 0.140 e. The van der Waals surface area contributed by atoms with Crippen molar-refractivity contribution in [2.75, 3.05) is 0 Å². The molecule has 0 fully saturated rings. The van der Waals surface area contributed by atoms with E-state index >= 15 is 0 Å². The summed E-state index contributed by atoms with van der Waals surface area (Å²) < 4.78 is 6.45. The molecule has 0 amide bonds. The van der Waals surface area contributed by atoms with Gasteiger partial charge < -0.3 is 4.42 Å². The van der Waals surface area contributed by atoms with E-state index in [2.05, 4.69) is 88.4 Å². The molecule has 1 aliphatic rings. The van der Waals surface area contributed by atoms with Crippen LogP contribution in [0.3, 0.4) is 0 Å². The quantitative estimate of drug-likeness (QED) is 0.298. The number of pyridine rings is 1. The van der Waals surface area contributed by atoms with Gasteiger partial charge in [0.05, 0.1) is 5.69 Å². The van der Waals surface area contributed by atoms with E-state index in [4.69, 9.17) is 9.40 Å². The highest BCUT2D eigenvalue weighted by Crippen LogP contribution is 2.55. The van der Waals surface area contributed by atoms with Crippen LogP contribution in [0, 0.1) is 0 Å². The van der Waals surface area contributed by atoms with Gasteiger partial charge in [-0.15, -0.1) is 0 Å². The van der Waals surface area contributed by atoms with E-state index in [1.54, 1.807) is 0 Å². The third kappa shape index (κ3) is 2.54. The smallest absolute Gasteiger partial charge is 0.140 e. The second-order valence-corrected chi connectivity index (χ2v) is 9.49. The maximum absolute atomic E-state index is 6.45. The fourth-order valence-corrected chi connectivity index (χ4v) is 5.17. The molecular weight excluding hydrogens is 378 g/mol. The molecule has 0 radical (unpaired) electrons. The normalized spacial score (nSPS) is 14.4. The van der Waals surface area contributed by atoms with E-state index < -0.39 is 0 Å². The van der Waals surface area contributed by atoms with E-state index in [0.29, 0.717) is 5.92 Å². The highest BCUT2D eigenvalue weighted by molar-refractivity contribution is 5.99. The molecular formula is C29H25NO. The Morgan fingerprint density at radius 2 is 1.71 bits per heavy atom. The molecule has 2 nitrogen and oxygen atoms in total. The molecule has 0 saturated heterocycles. The Labute approximate surface area is 182 Å². The minimum absolute atomic E-state index is 0.116. The van der Waals surface area contributed by atoms with Crippen LogP contribution in [0.1, 0.15) is 50.3 Å². The third-order valence-electron chi connectivity index (χ3n) is 6.87. The predicted molar refractivity (Wildman–Crippen MR) is 129 cm³/mol. The Balaban J connectivity index is 1.62. The summed E-state index contributed by atoms with van der Waals surface area (Å²) in [5.41, 5.74) is 8.10. The second kappa shape index (κ2) is 6.31. The minimum Gasteiger partial charge on any atom is -0.456 e. The molecule has 0 unspecified atom stereocenters. The molecule has 2 heteroatoms. The average Bonchev–Trinajstić information content (AvgIpc) is 3.27. The monoisotopic (exact) mass is 403 g/mol. The molecule has 5 aromatic rings. The van der Waals surface area contributed by atoms with Crippen LogP contribution in [0.2, 0.25) is 0 Å². The topological polar surface area (TPSA) is 26.0 Å². The Hall–Kier alpha value is -3.39. The molecule has 0 atom stereocenters. The molecule has 0 N–H and O–H groups in total. The molecule has 3 aromatic carbocycles. The standard InChI is InChI=1S/C29H25NO/c1-17(2)18-12-13-19-16-30-24(15-20(19)14-18)21-9-7-10-23-26(21)28-27(29(23,3)4)22-8-5-6-11-25(22)31-28/h5-17H,1-4H3. The van der Waals surface area contributed by atoms with Crippen molar-refractivity contribution < 1.29 is 4.42 Å². The van der Waals surface area contributed by atoms with Gasteiger partial charge in [-0.05, 0) is 34.6 Å². The van der Waals surface area contributed by atoms with Gasteiger partial charge in [0.2, 0.25) is 0 Å². The van der Waals surface area contributed by atoms with Crippen molar-refractivity contribution in [2.24, 2.45) is 0 Å². The fourth-order valence-electron chi connectivity index (χ4n) is 5.17. The second-order valence-electron chi connectivity index (χ2n) is 9.49. The summed E-state index contributed by atoms with van der Waals surface area (Å²) in [6.45, 7) is 9.06. The third-order valence-corrected chi connectivity index (χ3v) is 6.87. The fraction of sp³-hybridized carbons (Fsp3) is 0.207. The van der Waals surface area contributed by atoms with E-state index in [9.17, 15) is 0 Å². The summed E-state index contributed by atoms with van der Waals surface area (Å²) in [4.78, 5) is 4.86. The first kappa shape index (κ1) is 18.4. The van der Waals surface area contributed by atoms with Gasteiger partial charge in [-0.25, -0.2) is 0 Å². The van der Waals surface area contributed by atoms with Crippen molar-refractivity contribution >= 4 is 21.7 Å². The van der Waals surface area contributed by atoms with Crippen molar-refractivity contribution in [2.45, 2.75) is 39.0 Å². The number of hydrogen-bond acceptors (Lipinski definition) is 2. The van der Waals surface area contributed by atoms with Crippen LogP contribution in [0.4, 0.5) is 0 Å². The lowest BCUT2D eigenvalue weighted by Crippen LogP contribution is -2.14. The molecule has 2 heterocycles. The Morgan fingerprint density at radius 1 is 0.871 bits per heavy atom. The van der Waals surface area contributed by atoms with Crippen LogP contribution in [-0.2, 0) is 5.41 Å². The van der Waals surface area contributed by atoms with E-state index in [1.165, 1.54) is 38.4 Å². The van der Waals surface area contributed by atoms with Crippen molar-refractivity contribution in [3.05, 3.63) is 89.6 Å². The van der Waals surface area contributed by atoms with Crippen LogP contribution < -0.4 is 0 Å². The van der Waals surface area contributed by atoms with Gasteiger partial charge >= 0.3 is 0 Å². The van der Waals surface area contributed by atoms with E-state index in [-0.39, 0.29) is 5.41 Å². The van der Waals surface area contributed by atoms with Crippen molar-refractivity contribution in [1.82, 2.24) is 4.98 Å². The maximum atomic E-state index is 6.45. The highest BCUT2D eigenvalue weighted by atomic mass is 16.3. The van der Waals surface area contributed by atoms with Crippen molar-refractivity contribution in [3.8, 4) is 22.6 Å². The first-order valence-electron chi connectivity index (χ1n) is 11.0. The number of para-hydroxylation sites is 1. The lowest BCUT2D eigenvalue weighted by Gasteiger charge is -2.21. The zero-order valence-corrected chi connectivity index (χ0v) is 18.4. The number of benzene rings is 3. The van der Waals surface area contributed by atoms with Gasteiger partial charge in [-0.3, -0.25) is 4.98 Å². The Bertz CT molecular complexity index is 1490. The van der Waals surface area contributed by atoms with Crippen molar-refractivity contribution in [1.29, 1.82) is 0 Å². The molecule has 152 valence electrons. The molecule has 0 spiro atoms. The molecule has 31 heavy (non-hydrogen) atoms. The number of fused-ring (bicyclic) bond motifs is 6. The van der Waals surface area contributed by atoms with Crippen molar-refractivity contribution in [3.63, 3.8) is 0 Å². The number of aromatic nitrogens is 1. The Kier molecular flexibility index (Phi) is 3.74. The zero-order chi connectivity index (χ0) is 21.3. The van der Waals surface area contributed by atoms with Crippen LogP contribution in [0.15, 0.2) is 77.3 Å². The van der Waals surface area contributed by atoms with Crippen LogP contribution in [0.25, 0.3) is 44.3 Å². The summed E-state index contributed by atoms with van der Waals surface area (Å²) in [7, 11) is 0. The van der Waals surface area contributed by atoms with Gasteiger partial charge in [0.15, 0.2) is 0 Å². The summed E-state index contributed by atoms with van der Waals surface area (Å²) in [5.74, 6) is 1.50. The summed E-state index contributed by atoms with van der Waals surface area (Å²) in [6.07, 6.45) is 1.99. The Morgan fingerprint density at radius 3 is 2.55 bits per heavy atom. The van der Waals surface area contributed by atoms with Gasteiger partial charge in [0, 0.05) is 39.1 Å². The number of rotatable bonds is 2. The van der Waals surface area contributed by atoms with Crippen LogP contribution in [-0.4, -0.2) is 4.98 Å². The summed E-state index contributed by atoms with van der Waals surface area (Å²) >= 11 is 0. The minimum atomic E-state index is -0.116. The molecule has 0 bridgehead atoms.